The smallest absolute Gasteiger partial charge is 0.381 e. The highest BCUT2D eigenvalue weighted by atomic mass is 32.2. The van der Waals surface area contributed by atoms with Crippen LogP contribution in [-0.2, 0) is 19.1 Å². The second kappa shape index (κ2) is 6.23. The minimum absolute atomic E-state index is 0.0643. The van der Waals surface area contributed by atoms with Gasteiger partial charge >= 0.3 is 15.6 Å². The molecule has 1 aliphatic carbocycles. The van der Waals surface area contributed by atoms with E-state index < -0.39 is 15.6 Å². The van der Waals surface area contributed by atoms with E-state index in [1.54, 1.807) is 24.3 Å². The van der Waals surface area contributed by atoms with Crippen LogP contribution < -0.4 is 5.32 Å². The minimum atomic E-state index is -5.62. The maximum Gasteiger partial charge on any atom is 0.534 e. The number of allylic oxidation sites excluding steroid dienone is 2. The molecule has 0 heterocycles. The fourth-order valence-electron chi connectivity index (χ4n) is 2.24. The Morgan fingerprint density at radius 1 is 1.26 bits per heavy atom. The van der Waals surface area contributed by atoms with Gasteiger partial charge in [0.25, 0.3) is 0 Å². The summed E-state index contributed by atoms with van der Waals surface area (Å²) < 4.78 is 62.9. The molecule has 1 aliphatic rings. The summed E-state index contributed by atoms with van der Waals surface area (Å²) in [7, 11) is -5.62. The summed E-state index contributed by atoms with van der Waals surface area (Å²) in [6.45, 7) is 1.37. The van der Waals surface area contributed by atoms with E-state index in [-0.39, 0.29) is 24.0 Å². The summed E-state index contributed by atoms with van der Waals surface area (Å²) in [5.41, 5.74) is -4.02. The monoisotopic (exact) mass is 349 g/mol. The Balaban J connectivity index is 2.01. The van der Waals surface area contributed by atoms with Crippen LogP contribution in [0.1, 0.15) is 31.2 Å². The van der Waals surface area contributed by atoms with Crippen molar-refractivity contribution in [2.75, 3.05) is 5.32 Å². The molecule has 0 saturated carbocycles. The predicted molar refractivity (Wildman–Crippen MR) is 76.9 cm³/mol. The van der Waals surface area contributed by atoms with Crippen molar-refractivity contribution in [2.45, 2.75) is 31.2 Å². The van der Waals surface area contributed by atoms with Crippen molar-refractivity contribution in [2.24, 2.45) is 0 Å². The van der Waals surface area contributed by atoms with Crippen molar-refractivity contribution in [3.05, 3.63) is 41.7 Å². The van der Waals surface area contributed by atoms with Gasteiger partial charge in [-0.2, -0.15) is 21.6 Å². The lowest BCUT2D eigenvalue weighted by Gasteiger charge is -2.13. The van der Waals surface area contributed by atoms with Gasteiger partial charge in [-0.1, -0.05) is 12.1 Å². The summed E-state index contributed by atoms with van der Waals surface area (Å²) >= 11 is 0. The SMILES string of the molecule is CC(=O)Nc1ccc(C2CC=C(OS(=O)(=O)C(F)(F)F)C2)cc1. The summed E-state index contributed by atoms with van der Waals surface area (Å²) in [5.74, 6) is -0.591. The van der Waals surface area contributed by atoms with Crippen molar-refractivity contribution in [3.63, 3.8) is 0 Å². The number of benzene rings is 1. The molecule has 5 nitrogen and oxygen atoms in total. The molecule has 0 spiro atoms. The van der Waals surface area contributed by atoms with Crippen LogP contribution in [0.5, 0.6) is 0 Å². The summed E-state index contributed by atoms with van der Waals surface area (Å²) in [5, 5.41) is 2.60. The third kappa shape index (κ3) is 4.25. The Morgan fingerprint density at radius 2 is 1.87 bits per heavy atom. The van der Waals surface area contributed by atoms with E-state index in [2.05, 4.69) is 9.50 Å². The average molecular weight is 349 g/mol. The Bertz CT molecular complexity index is 723. The van der Waals surface area contributed by atoms with Gasteiger partial charge in [-0.05, 0) is 36.1 Å². The standard InChI is InChI=1S/C14H14F3NO4S/c1-9(19)18-12-5-2-10(3-6-12)11-4-7-13(8-11)22-23(20,21)14(15,16)17/h2-3,5-7,11H,4,8H2,1H3,(H,18,19). The highest BCUT2D eigenvalue weighted by molar-refractivity contribution is 7.87. The molecule has 2 rings (SSSR count). The molecule has 0 radical (unpaired) electrons. The van der Waals surface area contributed by atoms with Crippen molar-refractivity contribution in [1.29, 1.82) is 0 Å². The lowest BCUT2D eigenvalue weighted by Crippen LogP contribution is -2.25. The molecule has 9 heteroatoms. The number of alkyl halides is 3. The molecule has 1 unspecified atom stereocenters. The minimum Gasteiger partial charge on any atom is -0.381 e. The van der Waals surface area contributed by atoms with Gasteiger partial charge < -0.3 is 9.50 Å². The van der Waals surface area contributed by atoms with E-state index in [1.165, 1.54) is 13.0 Å². The van der Waals surface area contributed by atoms with Crippen LogP contribution in [-0.4, -0.2) is 19.8 Å². The Labute approximate surface area is 131 Å². The topological polar surface area (TPSA) is 72.5 Å². The normalized spacial score (nSPS) is 18.4. The van der Waals surface area contributed by atoms with E-state index in [0.29, 0.717) is 12.1 Å². The van der Waals surface area contributed by atoms with Crippen LogP contribution in [0.15, 0.2) is 36.1 Å². The summed E-state index contributed by atoms with van der Waals surface area (Å²) in [6, 6.07) is 6.79. The van der Waals surface area contributed by atoms with Gasteiger partial charge in [0, 0.05) is 19.0 Å². The molecule has 0 saturated heterocycles. The zero-order chi connectivity index (χ0) is 17.3. The number of hydrogen-bond acceptors (Lipinski definition) is 4. The third-order valence-corrected chi connectivity index (χ3v) is 4.28. The molecule has 0 aromatic heterocycles. The first-order chi connectivity index (χ1) is 10.6. The second-order valence-electron chi connectivity index (χ2n) is 5.09. The molecular formula is C14H14F3NO4S. The first kappa shape index (κ1) is 17.3. The van der Waals surface area contributed by atoms with E-state index >= 15 is 0 Å². The molecule has 0 bridgehead atoms. The number of anilines is 1. The van der Waals surface area contributed by atoms with Crippen LogP contribution in [0.2, 0.25) is 0 Å². The van der Waals surface area contributed by atoms with E-state index in [4.69, 9.17) is 0 Å². The number of carbonyl (C=O) groups excluding carboxylic acids is 1. The largest absolute Gasteiger partial charge is 0.534 e. The van der Waals surface area contributed by atoms with Gasteiger partial charge in [-0.15, -0.1) is 0 Å². The molecule has 1 amide bonds. The molecule has 1 atom stereocenters. The number of halogens is 3. The second-order valence-corrected chi connectivity index (χ2v) is 6.63. The quantitative estimate of drug-likeness (QED) is 0.669. The number of amides is 1. The van der Waals surface area contributed by atoms with Crippen molar-refractivity contribution in [3.8, 4) is 0 Å². The highest BCUT2D eigenvalue weighted by Crippen LogP contribution is 2.37. The van der Waals surface area contributed by atoms with Crippen LogP contribution in [0.25, 0.3) is 0 Å². The Morgan fingerprint density at radius 3 is 2.39 bits per heavy atom. The predicted octanol–water partition coefficient (Wildman–Crippen LogP) is 3.27. The molecule has 1 aromatic rings. The number of nitrogens with one attached hydrogen (secondary N) is 1. The van der Waals surface area contributed by atoms with Gasteiger partial charge in [0.15, 0.2) is 0 Å². The maximum atomic E-state index is 12.3. The summed E-state index contributed by atoms with van der Waals surface area (Å²) in [4.78, 5) is 10.9. The van der Waals surface area contributed by atoms with Gasteiger partial charge in [-0.25, -0.2) is 0 Å². The average Bonchev–Trinajstić information content (AvgIpc) is 2.85. The van der Waals surface area contributed by atoms with Crippen LogP contribution in [0.3, 0.4) is 0 Å². The van der Waals surface area contributed by atoms with Crippen molar-refractivity contribution >= 4 is 21.7 Å². The third-order valence-electron chi connectivity index (χ3n) is 3.28. The first-order valence-electron chi connectivity index (χ1n) is 6.66. The fourth-order valence-corrected chi connectivity index (χ4v) is 2.75. The summed E-state index contributed by atoms with van der Waals surface area (Å²) in [6.07, 6.45) is 1.78. The number of carbonyl (C=O) groups is 1. The maximum absolute atomic E-state index is 12.3. The molecular weight excluding hydrogens is 335 g/mol. The van der Waals surface area contributed by atoms with Gasteiger partial charge in [0.2, 0.25) is 5.91 Å². The van der Waals surface area contributed by atoms with Crippen molar-refractivity contribution in [1.82, 2.24) is 0 Å². The molecule has 1 aromatic carbocycles. The lowest BCUT2D eigenvalue weighted by atomic mass is 9.96. The fraction of sp³-hybridized carbons (Fsp3) is 0.357. The molecule has 0 fully saturated rings. The van der Waals surface area contributed by atoms with Crippen molar-refractivity contribution < 1.29 is 30.6 Å². The molecule has 23 heavy (non-hydrogen) atoms. The Hall–Kier alpha value is -2.03. The zero-order valence-corrected chi connectivity index (χ0v) is 12.9. The first-order valence-corrected chi connectivity index (χ1v) is 8.06. The Kier molecular flexibility index (Phi) is 4.69. The van der Waals surface area contributed by atoms with Gasteiger partial charge in [0.1, 0.15) is 5.76 Å². The van der Waals surface area contributed by atoms with Crippen LogP contribution in [0.4, 0.5) is 18.9 Å². The lowest BCUT2D eigenvalue weighted by molar-refractivity contribution is -0.114. The van der Waals surface area contributed by atoms with E-state index in [0.717, 1.165) is 5.56 Å². The van der Waals surface area contributed by atoms with E-state index in [1.807, 2.05) is 0 Å². The highest BCUT2D eigenvalue weighted by Gasteiger charge is 2.49. The number of rotatable bonds is 4. The molecule has 126 valence electrons. The number of hydrogen-bond donors (Lipinski definition) is 1. The zero-order valence-electron chi connectivity index (χ0n) is 12.1. The van der Waals surface area contributed by atoms with Crippen LogP contribution in [0, 0.1) is 0 Å². The van der Waals surface area contributed by atoms with Gasteiger partial charge in [-0.3, -0.25) is 4.79 Å². The van der Waals surface area contributed by atoms with E-state index in [9.17, 15) is 26.4 Å². The van der Waals surface area contributed by atoms with Crippen LogP contribution >= 0.6 is 0 Å². The molecule has 1 N–H and O–H groups in total. The van der Waals surface area contributed by atoms with Gasteiger partial charge in [0.05, 0.1) is 0 Å². The molecule has 0 aliphatic heterocycles.